The van der Waals surface area contributed by atoms with E-state index in [4.69, 9.17) is 14.6 Å². The molecule has 0 saturated carbocycles. The van der Waals surface area contributed by atoms with Gasteiger partial charge in [-0.05, 0) is 26.8 Å². The molecule has 0 spiro atoms. The summed E-state index contributed by atoms with van der Waals surface area (Å²) in [5, 5.41) is 11.4. The Balaban J connectivity index is 2.48. The molecule has 21 heavy (non-hydrogen) atoms. The second-order valence-corrected chi connectivity index (χ2v) is 5.40. The van der Waals surface area contributed by atoms with Crippen molar-refractivity contribution in [1.29, 1.82) is 0 Å². The van der Waals surface area contributed by atoms with Crippen LogP contribution in [0.4, 0.5) is 4.79 Å². The van der Waals surface area contributed by atoms with Crippen molar-refractivity contribution in [3.8, 4) is 5.75 Å². The molecule has 0 aromatic heterocycles. The number of ether oxygens (including phenoxy) is 2. The van der Waals surface area contributed by atoms with Gasteiger partial charge in [0.15, 0.2) is 0 Å². The first kappa shape index (κ1) is 17.0. The third-order valence-electron chi connectivity index (χ3n) is 2.33. The van der Waals surface area contributed by atoms with Crippen molar-refractivity contribution in [2.75, 3.05) is 19.8 Å². The van der Waals surface area contributed by atoms with Crippen molar-refractivity contribution in [2.45, 2.75) is 26.4 Å². The van der Waals surface area contributed by atoms with Gasteiger partial charge in [0, 0.05) is 12.1 Å². The molecule has 0 radical (unpaired) electrons. The number of amides is 1. The summed E-state index contributed by atoms with van der Waals surface area (Å²) in [4.78, 5) is 11.5. The van der Waals surface area contributed by atoms with Crippen LogP contribution in [0.5, 0.6) is 5.75 Å². The summed E-state index contributed by atoms with van der Waals surface area (Å²) in [5.74, 6) is 0.695. The number of rotatable bonds is 6. The molecule has 1 aromatic carbocycles. The van der Waals surface area contributed by atoms with Gasteiger partial charge in [0.05, 0.1) is 6.61 Å². The maximum atomic E-state index is 11.5. The van der Waals surface area contributed by atoms with Crippen LogP contribution in [0.1, 0.15) is 26.3 Å². The molecule has 116 valence electrons. The van der Waals surface area contributed by atoms with E-state index in [1.54, 1.807) is 0 Å². The minimum Gasteiger partial charge on any atom is -0.491 e. The van der Waals surface area contributed by atoms with Crippen LogP contribution in [-0.4, -0.2) is 36.6 Å². The molecule has 5 nitrogen and oxygen atoms in total. The molecule has 1 rings (SSSR count). The summed E-state index contributed by atoms with van der Waals surface area (Å²) in [6, 6.07) is 7.49. The van der Waals surface area contributed by atoms with Crippen molar-refractivity contribution in [1.82, 2.24) is 5.32 Å². The fourth-order valence-electron chi connectivity index (χ4n) is 1.55. The van der Waals surface area contributed by atoms with Gasteiger partial charge in [-0.15, -0.1) is 0 Å². The first-order valence-electron chi connectivity index (χ1n) is 6.88. The average molecular weight is 293 g/mol. The third-order valence-corrected chi connectivity index (χ3v) is 2.33. The highest BCUT2D eigenvalue weighted by atomic mass is 16.6. The SMILES string of the molecule is CC(C)(C)OC(=O)NC/C=C\c1ccccc1OCCO. The van der Waals surface area contributed by atoms with Gasteiger partial charge >= 0.3 is 6.09 Å². The highest BCUT2D eigenvalue weighted by molar-refractivity contribution is 5.68. The Morgan fingerprint density at radius 1 is 1.33 bits per heavy atom. The number of hydrogen-bond donors (Lipinski definition) is 2. The third kappa shape index (κ3) is 7.37. The van der Waals surface area contributed by atoms with E-state index in [1.165, 1.54) is 0 Å². The zero-order valence-electron chi connectivity index (χ0n) is 12.8. The largest absolute Gasteiger partial charge is 0.491 e. The van der Waals surface area contributed by atoms with Gasteiger partial charge in [-0.3, -0.25) is 0 Å². The fourth-order valence-corrected chi connectivity index (χ4v) is 1.55. The lowest BCUT2D eigenvalue weighted by Gasteiger charge is -2.19. The molecular formula is C16H23NO4. The second-order valence-electron chi connectivity index (χ2n) is 5.40. The van der Waals surface area contributed by atoms with Gasteiger partial charge in [0.2, 0.25) is 0 Å². The van der Waals surface area contributed by atoms with Gasteiger partial charge in [-0.2, -0.15) is 0 Å². The minimum atomic E-state index is -0.501. The molecule has 0 heterocycles. The Hall–Kier alpha value is -2.01. The van der Waals surface area contributed by atoms with E-state index in [2.05, 4.69) is 5.32 Å². The number of para-hydroxylation sites is 1. The quantitative estimate of drug-likeness (QED) is 0.846. The van der Waals surface area contributed by atoms with Crippen LogP contribution in [0.2, 0.25) is 0 Å². The van der Waals surface area contributed by atoms with Gasteiger partial charge in [-0.25, -0.2) is 4.79 Å². The lowest BCUT2D eigenvalue weighted by atomic mass is 10.2. The number of carbonyl (C=O) groups excluding carboxylic acids is 1. The summed E-state index contributed by atoms with van der Waals surface area (Å²) in [7, 11) is 0. The van der Waals surface area contributed by atoms with Crippen LogP contribution in [0, 0.1) is 0 Å². The van der Waals surface area contributed by atoms with Crippen molar-refractivity contribution >= 4 is 12.2 Å². The lowest BCUT2D eigenvalue weighted by Crippen LogP contribution is -2.32. The first-order valence-corrected chi connectivity index (χ1v) is 6.88. The Morgan fingerprint density at radius 3 is 2.71 bits per heavy atom. The number of nitrogens with one attached hydrogen (secondary N) is 1. The second kappa shape index (κ2) is 8.32. The molecule has 0 aliphatic heterocycles. The normalized spacial score (nSPS) is 11.4. The number of aliphatic hydroxyl groups is 1. The zero-order chi connectivity index (χ0) is 15.7. The van der Waals surface area contributed by atoms with Gasteiger partial charge in [-0.1, -0.05) is 30.4 Å². The Morgan fingerprint density at radius 2 is 2.05 bits per heavy atom. The number of carbonyl (C=O) groups is 1. The zero-order valence-corrected chi connectivity index (χ0v) is 12.8. The van der Waals surface area contributed by atoms with Crippen LogP contribution in [0.15, 0.2) is 30.3 Å². The highest BCUT2D eigenvalue weighted by Crippen LogP contribution is 2.19. The standard InChI is InChI=1S/C16H23NO4/c1-16(2,3)21-15(19)17-10-6-8-13-7-4-5-9-14(13)20-12-11-18/h4-9,18H,10-12H2,1-3H3,(H,17,19)/b8-6-. The number of benzene rings is 1. The van der Waals surface area contributed by atoms with E-state index >= 15 is 0 Å². The summed E-state index contributed by atoms with van der Waals surface area (Å²) in [6.07, 6.45) is 3.21. The Kier molecular flexibility index (Phi) is 6.75. The molecule has 0 bridgehead atoms. The van der Waals surface area contributed by atoms with Crippen molar-refractivity contribution in [3.05, 3.63) is 35.9 Å². The molecule has 5 heteroatoms. The molecule has 1 aromatic rings. The number of hydrogen-bond acceptors (Lipinski definition) is 4. The monoisotopic (exact) mass is 293 g/mol. The first-order chi connectivity index (χ1) is 9.92. The van der Waals surface area contributed by atoms with Crippen LogP contribution in [-0.2, 0) is 4.74 Å². The molecular weight excluding hydrogens is 270 g/mol. The lowest BCUT2D eigenvalue weighted by molar-refractivity contribution is 0.0534. The summed E-state index contributed by atoms with van der Waals surface area (Å²) < 4.78 is 10.5. The average Bonchev–Trinajstić information content (AvgIpc) is 2.40. The van der Waals surface area contributed by atoms with Crippen LogP contribution in [0.25, 0.3) is 6.08 Å². The van der Waals surface area contributed by atoms with Crippen molar-refractivity contribution < 1.29 is 19.4 Å². The molecule has 0 fully saturated rings. The van der Waals surface area contributed by atoms with Crippen molar-refractivity contribution in [3.63, 3.8) is 0 Å². The Bertz CT molecular complexity index is 477. The minimum absolute atomic E-state index is 0.0295. The topological polar surface area (TPSA) is 67.8 Å². The molecule has 0 aliphatic rings. The van der Waals surface area contributed by atoms with E-state index in [0.29, 0.717) is 12.3 Å². The van der Waals surface area contributed by atoms with Gasteiger partial charge in [0.25, 0.3) is 0 Å². The number of aliphatic hydroxyl groups excluding tert-OH is 1. The summed E-state index contributed by atoms with van der Waals surface area (Å²) in [6.45, 7) is 6.04. The molecule has 0 unspecified atom stereocenters. The maximum Gasteiger partial charge on any atom is 0.407 e. The van der Waals surface area contributed by atoms with Gasteiger partial charge in [0.1, 0.15) is 18.0 Å². The summed E-state index contributed by atoms with van der Waals surface area (Å²) >= 11 is 0. The Labute approximate surface area is 125 Å². The predicted molar refractivity (Wildman–Crippen MR) is 82.3 cm³/mol. The molecule has 0 saturated heterocycles. The molecule has 2 N–H and O–H groups in total. The highest BCUT2D eigenvalue weighted by Gasteiger charge is 2.14. The van der Waals surface area contributed by atoms with E-state index < -0.39 is 11.7 Å². The van der Waals surface area contributed by atoms with Gasteiger partial charge < -0.3 is 19.9 Å². The van der Waals surface area contributed by atoms with E-state index in [9.17, 15) is 4.79 Å². The smallest absolute Gasteiger partial charge is 0.407 e. The fraction of sp³-hybridized carbons (Fsp3) is 0.438. The van der Waals surface area contributed by atoms with Crippen LogP contribution in [0.3, 0.4) is 0 Å². The molecule has 0 atom stereocenters. The summed E-state index contributed by atoms with van der Waals surface area (Å²) in [5.41, 5.74) is 0.385. The van der Waals surface area contributed by atoms with E-state index in [-0.39, 0.29) is 13.2 Å². The van der Waals surface area contributed by atoms with E-state index in [0.717, 1.165) is 5.56 Å². The molecule has 1 amide bonds. The van der Waals surface area contributed by atoms with Crippen LogP contribution >= 0.6 is 0 Å². The van der Waals surface area contributed by atoms with Crippen molar-refractivity contribution in [2.24, 2.45) is 0 Å². The number of alkyl carbamates (subject to hydrolysis) is 1. The predicted octanol–water partition coefficient (Wildman–Crippen LogP) is 2.60. The van der Waals surface area contributed by atoms with E-state index in [1.807, 2.05) is 57.2 Å². The molecule has 0 aliphatic carbocycles. The maximum absolute atomic E-state index is 11.5. The van der Waals surface area contributed by atoms with Crippen LogP contribution < -0.4 is 10.1 Å².